The molecular weight excluding hydrogens is 417 g/mol. The van der Waals surface area contributed by atoms with Crippen LogP contribution in [0.15, 0.2) is 59.4 Å². The molecule has 2 aliphatic heterocycles. The molecule has 32 heavy (non-hydrogen) atoms. The van der Waals surface area contributed by atoms with E-state index in [0.29, 0.717) is 25.6 Å². The average Bonchev–Trinajstić information content (AvgIpc) is 3.17. The van der Waals surface area contributed by atoms with Gasteiger partial charge in [0.2, 0.25) is 5.95 Å². The molecule has 0 spiro atoms. The topological polar surface area (TPSA) is 41.4 Å². The highest BCUT2D eigenvalue weighted by Crippen LogP contribution is 2.30. The van der Waals surface area contributed by atoms with E-state index in [2.05, 4.69) is 26.6 Å². The Morgan fingerprint density at radius 3 is 2.31 bits per heavy atom. The highest BCUT2D eigenvalue weighted by atomic mass is 19.4. The van der Waals surface area contributed by atoms with Gasteiger partial charge in [-0.2, -0.15) is 18.2 Å². The summed E-state index contributed by atoms with van der Waals surface area (Å²) in [6.07, 6.45) is -3.57. The number of anilines is 1. The van der Waals surface area contributed by atoms with Gasteiger partial charge in [0.1, 0.15) is 0 Å². The van der Waals surface area contributed by atoms with Crippen LogP contribution in [-0.2, 0) is 38.8 Å². The maximum Gasteiger partial charge on any atom is 0.416 e. The fourth-order valence-electron chi connectivity index (χ4n) is 4.58. The molecular formula is C24H23F3N4O. The van der Waals surface area contributed by atoms with Crippen LogP contribution in [0.4, 0.5) is 19.1 Å². The molecule has 5 nitrogen and oxygen atoms in total. The normalized spacial score (nSPS) is 16.2. The lowest BCUT2D eigenvalue weighted by atomic mass is 10.1. The van der Waals surface area contributed by atoms with Crippen LogP contribution in [0.5, 0.6) is 0 Å². The Balaban J connectivity index is 1.35. The minimum absolute atomic E-state index is 0.205. The van der Waals surface area contributed by atoms with Gasteiger partial charge < -0.3 is 9.47 Å². The van der Waals surface area contributed by atoms with Crippen LogP contribution in [0.25, 0.3) is 0 Å². The summed E-state index contributed by atoms with van der Waals surface area (Å²) in [4.78, 5) is 21.5. The van der Waals surface area contributed by atoms with Crippen LogP contribution in [0.3, 0.4) is 0 Å². The van der Waals surface area contributed by atoms with E-state index in [4.69, 9.17) is 0 Å². The average molecular weight is 440 g/mol. The summed E-state index contributed by atoms with van der Waals surface area (Å²) in [5.74, 6) is 0.616. The van der Waals surface area contributed by atoms with Crippen molar-refractivity contribution < 1.29 is 13.2 Å². The first-order chi connectivity index (χ1) is 15.4. The third-order valence-electron chi connectivity index (χ3n) is 6.20. The summed E-state index contributed by atoms with van der Waals surface area (Å²) in [7, 11) is 0. The third-order valence-corrected chi connectivity index (χ3v) is 6.20. The number of aromatic nitrogens is 2. The number of hydrogen-bond donors (Lipinski definition) is 0. The zero-order valence-electron chi connectivity index (χ0n) is 17.5. The molecule has 166 valence electrons. The van der Waals surface area contributed by atoms with Gasteiger partial charge in [-0.15, -0.1) is 0 Å². The Morgan fingerprint density at radius 1 is 0.875 bits per heavy atom. The summed E-state index contributed by atoms with van der Waals surface area (Å²) in [6.45, 7) is 4.06. The molecule has 3 aromatic rings. The smallest absolute Gasteiger partial charge is 0.336 e. The lowest BCUT2D eigenvalue weighted by molar-refractivity contribution is -0.137. The van der Waals surface area contributed by atoms with Crippen molar-refractivity contribution in [1.29, 1.82) is 0 Å². The molecule has 0 atom stereocenters. The highest BCUT2D eigenvalue weighted by molar-refractivity contribution is 5.41. The van der Waals surface area contributed by atoms with Gasteiger partial charge in [-0.25, -0.2) is 0 Å². The van der Waals surface area contributed by atoms with E-state index in [1.54, 1.807) is 0 Å². The molecule has 0 unspecified atom stereocenters. The molecule has 0 amide bonds. The largest absolute Gasteiger partial charge is 0.416 e. The van der Waals surface area contributed by atoms with Crippen LogP contribution >= 0.6 is 0 Å². The van der Waals surface area contributed by atoms with Crippen molar-refractivity contribution in [3.05, 3.63) is 92.9 Å². The second-order valence-electron chi connectivity index (χ2n) is 8.36. The van der Waals surface area contributed by atoms with Crippen molar-refractivity contribution in [3.8, 4) is 0 Å². The van der Waals surface area contributed by atoms with Crippen LogP contribution in [0.2, 0.25) is 0 Å². The Labute approximate surface area is 183 Å². The Hall–Kier alpha value is -3.13. The van der Waals surface area contributed by atoms with Crippen LogP contribution < -0.4 is 10.5 Å². The molecule has 1 aromatic heterocycles. The van der Waals surface area contributed by atoms with Gasteiger partial charge >= 0.3 is 6.18 Å². The molecule has 0 bridgehead atoms. The quantitative estimate of drug-likeness (QED) is 0.618. The van der Waals surface area contributed by atoms with E-state index in [1.807, 2.05) is 23.1 Å². The maximum atomic E-state index is 12.9. The molecule has 2 aliphatic rings. The van der Waals surface area contributed by atoms with E-state index in [-0.39, 0.29) is 5.56 Å². The molecule has 0 radical (unpaired) electrons. The highest BCUT2D eigenvalue weighted by Gasteiger charge is 2.31. The Morgan fingerprint density at radius 2 is 1.59 bits per heavy atom. The van der Waals surface area contributed by atoms with Gasteiger partial charge in [-0.1, -0.05) is 42.5 Å². The minimum atomic E-state index is -4.35. The van der Waals surface area contributed by atoms with Gasteiger partial charge in [0.05, 0.1) is 11.1 Å². The summed E-state index contributed by atoms with van der Waals surface area (Å²) in [5.41, 5.74) is 2.90. The van der Waals surface area contributed by atoms with Gasteiger partial charge in [0.25, 0.3) is 5.56 Å². The minimum Gasteiger partial charge on any atom is -0.336 e. The molecule has 2 aromatic carbocycles. The van der Waals surface area contributed by atoms with Gasteiger partial charge in [0.15, 0.2) is 0 Å². The number of halogens is 3. The van der Waals surface area contributed by atoms with Crippen LogP contribution in [0.1, 0.15) is 27.9 Å². The first-order valence-electron chi connectivity index (χ1n) is 10.7. The van der Waals surface area contributed by atoms with Crippen LogP contribution in [0, 0.1) is 0 Å². The predicted molar refractivity (Wildman–Crippen MR) is 115 cm³/mol. The van der Waals surface area contributed by atoms with Crippen molar-refractivity contribution in [2.24, 2.45) is 0 Å². The molecule has 8 heteroatoms. The summed E-state index contributed by atoms with van der Waals surface area (Å²) >= 11 is 0. The number of benzene rings is 2. The summed E-state index contributed by atoms with van der Waals surface area (Å²) < 4.78 is 40.6. The van der Waals surface area contributed by atoms with E-state index >= 15 is 0 Å². The number of rotatable bonds is 4. The van der Waals surface area contributed by atoms with Crippen molar-refractivity contribution >= 4 is 5.95 Å². The molecule has 0 saturated carbocycles. The second-order valence-corrected chi connectivity index (χ2v) is 8.36. The number of hydrogen-bond acceptors (Lipinski definition) is 4. The SMILES string of the molecule is O=c1nc2n(c3c1CN(Cc1ccccc1)CC3)CCN2Cc1ccc(C(F)(F)F)cc1. The van der Waals surface area contributed by atoms with E-state index in [0.717, 1.165) is 55.0 Å². The fraction of sp³-hybridized carbons (Fsp3) is 0.333. The van der Waals surface area contributed by atoms with E-state index < -0.39 is 11.7 Å². The lowest BCUT2D eigenvalue weighted by Crippen LogP contribution is -2.37. The van der Waals surface area contributed by atoms with Crippen molar-refractivity contribution in [2.75, 3.05) is 18.0 Å². The zero-order valence-corrected chi connectivity index (χ0v) is 17.5. The van der Waals surface area contributed by atoms with Gasteiger partial charge in [-0.3, -0.25) is 9.69 Å². The number of nitrogens with zero attached hydrogens (tertiary/aromatic N) is 4. The van der Waals surface area contributed by atoms with Gasteiger partial charge in [0, 0.05) is 51.4 Å². The maximum absolute atomic E-state index is 12.9. The number of alkyl halides is 3. The first-order valence-corrected chi connectivity index (χ1v) is 10.7. The fourth-order valence-corrected chi connectivity index (χ4v) is 4.58. The van der Waals surface area contributed by atoms with E-state index in [9.17, 15) is 18.0 Å². The van der Waals surface area contributed by atoms with Crippen molar-refractivity contribution in [3.63, 3.8) is 0 Å². The molecule has 0 fully saturated rings. The predicted octanol–water partition coefficient (Wildman–Crippen LogP) is 3.84. The van der Waals surface area contributed by atoms with Crippen molar-refractivity contribution in [1.82, 2.24) is 14.5 Å². The monoisotopic (exact) mass is 440 g/mol. The molecule has 3 heterocycles. The van der Waals surface area contributed by atoms with Gasteiger partial charge in [-0.05, 0) is 23.3 Å². The molecule has 0 saturated heterocycles. The summed E-state index contributed by atoms with van der Waals surface area (Å²) in [5, 5.41) is 0. The standard InChI is InChI=1S/C24H23F3N4O/c25-24(26,27)19-8-6-18(7-9-19)15-30-12-13-31-21-10-11-29(14-17-4-2-1-3-5-17)16-20(21)22(32)28-23(30)31/h1-9H,10-16H2. The third kappa shape index (κ3) is 4.02. The first kappa shape index (κ1) is 20.8. The van der Waals surface area contributed by atoms with Crippen molar-refractivity contribution in [2.45, 2.75) is 38.8 Å². The molecule has 0 aliphatic carbocycles. The lowest BCUT2D eigenvalue weighted by Gasteiger charge is -2.30. The van der Waals surface area contributed by atoms with E-state index in [1.165, 1.54) is 17.7 Å². The summed E-state index contributed by atoms with van der Waals surface area (Å²) in [6, 6.07) is 15.4. The molecule has 0 N–H and O–H groups in total. The Kier molecular flexibility index (Phi) is 5.25. The Bertz CT molecular complexity index is 1170. The number of fused-ring (bicyclic) bond motifs is 3. The second kappa shape index (κ2) is 8.09. The van der Waals surface area contributed by atoms with Crippen LogP contribution in [-0.4, -0.2) is 27.5 Å². The zero-order chi connectivity index (χ0) is 22.3. The molecule has 5 rings (SSSR count).